The lowest BCUT2D eigenvalue weighted by atomic mass is 9.74. The normalized spacial score (nSPS) is 23.2. The van der Waals surface area contributed by atoms with Gasteiger partial charge in [0.15, 0.2) is 5.54 Å². The van der Waals surface area contributed by atoms with Gasteiger partial charge in [0.1, 0.15) is 0 Å². The number of carbonyl (C=O) groups is 3. The number of anilines is 1. The molecule has 0 aliphatic carbocycles. The van der Waals surface area contributed by atoms with E-state index in [-0.39, 0.29) is 5.91 Å². The van der Waals surface area contributed by atoms with E-state index >= 15 is 0 Å². The van der Waals surface area contributed by atoms with Crippen molar-refractivity contribution in [2.24, 2.45) is 0 Å². The second kappa shape index (κ2) is 6.14. The smallest absolute Gasteiger partial charge is 0.262 e. The molecule has 0 saturated carbocycles. The molecule has 5 rings (SSSR count). The SMILES string of the molecule is CC1(N2C(=O)c3ccccc3C2=O)C(=O)N(c2ccccc2)C1c1ccccc1. The van der Waals surface area contributed by atoms with Crippen molar-refractivity contribution in [1.82, 2.24) is 4.90 Å². The molecule has 3 amide bonds. The van der Waals surface area contributed by atoms with Crippen molar-refractivity contribution < 1.29 is 14.4 Å². The minimum atomic E-state index is -1.30. The molecule has 3 aromatic carbocycles. The van der Waals surface area contributed by atoms with Crippen molar-refractivity contribution in [2.75, 3.05) is 4.90 Å². The number of amides is 3. The summed E-state index contributed by atoms with van der Waals surface area (Å²) in [7, 11) is 0. The number of imide groups is 1. The molecule has 2 aliphatic heterocycles. The Morgan fingerprint density at radius 2 is 1.17 bits per heavy atom. The fourth-order valence-corrected chi connectivity index (χ4v) is 4.46. The summed E-state index contributed by atoms with van der Waals surface area (Å²) in [6.07, 6.45) is 0. The van der Waals surface area contributed by atoms with Crippen molar-refractivity contribution in [3.63, 3.8) is 0 Å². The highest BCUT2D eigenvalue weighted by molar-refractivity contribution is 6.26. The Balaban J connectivity index is 1.65. The third-order valence-electron chi connectivity index (χ3n) is 5.85. The molecule has 3 aromatic rings. The highest BCUT2D eigenvalue weighted by Gasteiger charge is 2.66. The molecule has 0 N–H and O–H groups in total. The molecule has 1 saturated heterocycles. The van der Waals surface area contributed by atoms with Gasteiger partial charge in [0.2, 0.25) is 0 Å². The van der Waals surface area contributed by atoms with Crippen LogP contribution in [0, 0.1) is 0 Å². The van der Waals surface area contributed by atoms with Gasteiger partial charge in [-0.15, -0.1) is 0 Å². The first-order valence-corrected chi connectivity index (χ1v) is 9.46. The van der Waals surface area contributed by atoms with Gasteiger partial charge in [-0.1, -0.05) is 60.7 Å². The summed E-state index contributed by atoms with van der Waals surface area (Å²) in [6.45, 7) is 1.69. The lowest BCUT2D eigenvalue weighted by Gasteiger charge is -2.57. The van der Waals surface area contributed by atoms with Crippen molar-refractivity contribution in [3.8, 4) is 0 Å². The van der Waals surface area contributed by atoms with E-state index in [0.29, 0.717) is 11.1 Å². The Morgan fingerprint density at radius 3 is 1.72 bits per heavy atom. The lowest BCUT2D eigenvalue weighted by Crippen LogP contribution is -2.75. The minimum Gasteiger partial charge on any atom is -0.300 e. The maximum atomic E-state index is 13.5. The van der Waals surface area contributed by atoms with Gasteiger partial charge in [-0.3, -0.25) is 24.2 Å². The van der Waals surface area contributed by atoms with Gasteiger partial charge in [-0.05, 0) is 36.8 Å². The van der Waals surface area contributed by atoms with Gasteiger partial charge in [-0.25, -0.2) is 0 Å². The van der Waals surface area contributed by atoms with Gasteiger partial charge < -0.3 is 0 Å². The van der Waals surface area contributed by atoms with E-state index in [1.807, 2.05) is 60.7 Å². The van der Waals surface area contributed by atoms with Crippen LogP contribution in [0.2, 0.25) is 0 Å². The summed E-state index contributed by atoms with van der Waals surface area (Å²) >= 11 is 0. The first-order valence-electron chi connectivity index (χ1n) is 9.46. The zero-order chi connectivity index (χ0) is 20.2. The molecule has 0 bridgehead atoms. The first kappa shape index (κ1) is 17.4. The van der Waals surface area contributed by atoms with Crippen LogP contribution >= 0.6 is 0 Å². The number of fused-ring (bicyclic) bond motifs is 1. The van der Waals surface area contributed by atoms with Crippen LogP contribution in [-0.2, 0) is 4.79 Å². The van der Waals surface area contributed by atoms with Crippen LogP contribution in [0.3, 0.4) is 0 Å². The molecule has 29 heavy (non-hydrogen) atoms. The van der Waals surface area contributed by atoms with Crippen LogP contribution in [0.4, 0.5) is 5.69 Å². The van der Waals surface area contributed by atoms with E-state index in [9.17, 15) is 14.4 Å². The topological polar surface area (TPSA) is 57.7 Å². The number of benzene rings is 3. The van der Waals surface area contributed by atoms with Crippen LogP contribution in [0.15, 0.2) is 84.9 Å². The summed E-state index contributed by atoms with van der Waals surface area (Å²) in [5.41, 5.74) is 0.994. The Morgan fingerprint density at radius 1 is 0.690 bits per heavy atom. The molecule has 0 spiro atoms. The second-order valence-corrected chi connectivity index (χ2v) is 7.46. The maximum Gasteiger partial charge on any atom is 0.262 e. The molecule has 0 aromatic heterocycles. The Bertz CT molecular complexity index is 1110. The number of rotatable bonds is 3. The highest BCUT2D eigenvalue weighted by atomic mass is 16.2. The van der Waals surface area contributed by atoms with Crippen LogP contribution in [-0.4, -0.2) is 28.2 Å². The van der Waals surface area contributed by atoms with E-state index in [1.165, 1.54) is 0 Å². The number of hydrogen-bond donors (Lipinski definition) is 0. The average molecular weight is 382 g/mol. The van der Waals surface area contributed by atoms with Gasteiger partial charge in [-0.2, -0.15) is 0 Å². The Labute approximate surface area is 168 Å². The zero-order valence-electron chi connectivity index (χ0n) is 15.8. The van der Waals surface area contributed by atoms with Crippen LogP contribution in [0.5, 0.6) is 0 Å². The third kappa shape index (κ3) is 2.24. The molecule has 1 fully saturated rings. The van der Waals surface area contributed by atoms with Gasteiger partial charge >= 0.3 is 0 Å². The molecule has 2 atom stereocenters. The van der Waals surface area contributed by atoms with Crippen molar-refractivity contribution >= 4 is 23.4 Å². The Kier molecular flexibility index (Phi) is 3.68. The lowest BCUT2D eigenvalue weighted by molar-refractivity contribution is -0.138. The molecule has 5 nitrogen and oxygen atoms in total. The summed E-state index contributed by atoms with van der Waals surface area (Å²) in [5, 5.41) is 0. The molecule has 142 valence electrons. The standard InChI is InChI=1S/C24H18N2O3/c1-24(26-21(27)18-14-8-9-15-19(18)22(26)28)20(16-10-4-2-5-11-16)25(23(24)29)17-12-6-3-7-13-17/h2-15,20H,1H3. The second-order valence-electron chi connectivity index (χ2n) is 7.46. The number of carbonyl (C=O) groups excluding carboxylic acids is 3. The summed E-state index contributed by atoms with van der Waals surface area (Å²) in [4.78, 5) is 42.6. The molecule has 2 unspecified atom stereocenters. The van der Waals surface area contributed by atoms with Crippen LogP contribution < -0.4 is 4.90 Å². The van der Waals surface area contributed by atoms with Gasteiger partial charge in [0, 0.05) is 5.69 Å². The van der Waals surface area contributed by atoms with Crippen molar-refractivity contribution in [3.05, 3.63) is 102 Å². The third-order valence-corrected chi connectivity index (χ3v) is 5.85. The van der Waals surface area contributed by atoms with Crippen LogP contribution in [0.1, 0.15) is 39.2 Å². The van der Waals surface area contributed by atoms with E-state index in [1.54, 1.807) is 36.1 Å². The highest BCUT2D eigenvalue weighted by Crippen LogP contribution is 2.51. The molecule has 0 radical (unpaired) electrons. The van der Waals surface area contributed by atoms with Crippen molar-refractivity contribution in [2.45, 2.75) is 18.5 Å². The summed E-state index contributed by atoms with van der Waals surface area (Å²) in [5.74, 6) is -1.11. The predicted octanol–water partition coefficient (Wildman–Crippen LogP) is 3.83. The minimum absolute atomic E-state index is 0.271. The first-order chi connectivity index (χ1) is 14.0. The molecule has 2 aliphatic rings. The average Bonchev–Trinajstić information content (AvgIpc) is 3.03. The largest absolute Gasteiger partial charge is 0.300 e. The van der Waals surface area contributed by atoms with Gasteiger partial charge in [0.25, 0.3) is 17.7 Å². The van der Waals surface area contributed by atoms with Crippen LogP contribution in [0.25, 0.3) is 0 Å². The molecule has 5 heteroatoms. The number of β-lactam (4-membered cyclic amide) rings is 1. The van der Waals surface area contributed by atoms with Crippen molar-refractivity contribution in [1.29, 1.82) is 0 Å². The quantitative estimate of drug-likeness (QED) is 0.511. The number of nitrogens with zero attached hydrogens (tertiary/aromatic N) is 2. The fraction of sp³-hybridized carbons (Fsp3) is 0.125. The monoisotopic (exact) mass is 382 g/mol. The Hall–Kier alpha value is -3.73. The fourth-order valence-electron chi connectivity index (χ4n) is 4.46. The molecular weight excluding hydrogens is 364 g/mol. The van der Waals surface area contributed by atoms with E-state index in [0.717, 1.165) is 16.2 Å². The summed E-state index contributed by atoms with van der Waals surface area (Å²) < 4.78 is 0. The maximum absolute atomic E-state index is 13.5. The predicted molar refractivity (Wildman–Crippen MR) is 108 cm³/mol. The number of para-hydroxylation sites is 1. The van der Waals surface area contributed by atoms with Gasteiger partial charge in [0.05, 0.1) is 17.2 Å². The van der Waals surface area contributed by atoms with E-state index in [4.69, 9.17) is 0 Å². The zero-order valence-corrected chi connectivity index (χ0v) is 15.8. The summed E-state index contributed by atoms with van der Waals surface area (Å²) in [6, 6.07) is 25.1. The number of hydrogen-bond acceptors (Lipinski definition) is 3. The van der Waals surface area contributed by atoms with E-state index < -0.39 is 23.4 Å². The molecular formula is C24H18N2O3. The molecule has 2 heterocycles. The van der Waals surface area contributed by atoms with E-state index in [2.05, 4.69) is 0 Å².